The molecule has 0 atom stereocenters. The van der Waals surface area contributed by atoms with Crippen LogP contribution in [0.2, 0.25) is 0 Å². The summed E-state index contributed by atoms with van der Waals surface area (Å²) < 4.78 is 6.52. The topological polar surface area (TPSA) is 109 Å². The van der Waals surface area contributed by atoms with Crippen molar-refractivity contribution < 1.29 is 19.1 Å². The Labute approximate surface area is 195 Å². The third kappa shape index (κ3) is 8.14. The van der Waals surface area contributed by atoms with Crippen LogP contribution in [-0.2, 0) is 14.4 Å². The average molecular weight is 503 g/mol. The van der Waals surface area contributed by atoms with Gasteiger partial charge < -0.3 is 15.4 Å². The SMILES string of the molecule is CCCCNC(=O)C(=O)N/N=C\c1cccc(OCC(=O)Nc2c(C)cc(Br)cc2C)c1. The zero-order chi connectivity index (χ0) is 23.5. The molecule has 3 amide bonds. The Morgan fingerprint density at radius 1 is 1.09 bits per heavy atom. The molecule has 2 aromatic carbocycles. The highest BCUT2D eigenvalue weighted by Crippen LogP contribution is 2.25. The van der Waals surface area contributed by atoms with Crippen LogP contribution in [0.25, 0.3) is 0 Å². The number of nitrogens with one attached hydrogen (secondary N) is 3. The number of halogens is 1. The van der Waals surface area contributed by atoms with Crippen LogP contribution < -0.4 is 20.8 Å². The molecule has 2 aromatic rings. The number of ether oxygens (including phenoxy) is 1. The van der Waals surface area contributed by atoms with Gasteiger partial charge in [-0.25, -0.2) is 5.43 Å². The minimum absolute atomic E-state index is 0.162. The average Bonchev–Trinajstić information content (AvgIpc) is 2.75. The van der Waals surface area contributed by atoms with Gasteiger partial charge in [0.15, 0.2) is 6.61 Å². The molecule has 0 aliphatic heterocycles. The highest BCUT2D eigenvalue weighted by Gasteiger charge is 2.11. The summed E-state index contributed by atoms with van der Waals surface area (Å²) in [5.74, 6) is -1.37. The summed E-state index contributed by atoms with van der Waals surface area (Å²) in [4.78, 5) is 35.6. The van der Waals surface area contributed by atoms with Crippen molar-refractivity contribution in [3.63, 3.8) is 0 Å². The maximum Gasteiger partial charge on any atom is 0.329 e. The lowest BCUT2D eigenvalue weighted by molar-refractivity contribution is -0.139. The Hall–Kier alpha value is -3.20. The number of nitrogens with zero attached hydrogens (tertiary/aromatic N) is 1. The Morgan fingerprint density at radius 2 is 1.81 bits per heavy atom. The number of aryl methyl sites for hydroxylation is 2. The molecule has 0 aliphatic carbocycles. The van der Waals surface area contributed by atoms with Crippen LogP contribution >= 0.6 is 15.9 Å². The number of hydrogen-bond acceptors (Lipinski definition) is 5. The van der Waals surface area contributed by atoms with E-state index in [9.17, 15) is 14.4 Å². The molecule has 170 valence electrons. The van der Waals surface area contributed by atoms with E-state index in [2.05, 4.69) is 37.1 Å². The van der Waals surface area contributed by atoms with E-state index >= 15 is 0 Å². The van der Waals surface area contributed by atoms with Gasteiger partial charge in [0.1, 0.15) is 5.75 Å². The predicted octanol–water partition coefficient (Wildman–Crippen LogP) is 3.45. The molecule has 0 unspecified atom stereocenters. The van der Waals surface area contributed by atoms with E-state index in [4.69, 9.17) is 4.74 Å². The lowest BCUT2D eigenvalue weighted by atomic mass is 10.1. The second-order valence-electron chi connectivity index (χ2n) is 7.13. The fourth-order valence-corrected chi connectivity index (χ4v) is 3.48. The summed E-state index contributed by atoms with van der Waals surface area (Å²) in [5.41, 5.74) is 5.47. The molecule has 0 saturated carbocycles. The summed E-state index contributed by atoms with van der Waals surface area (Å²) in [6.07, 6.45) is 3.11. The van der Waals surface area contributed by atoms with Crippen molar-refractivity contribution in [1.29, 1.82) is 0 Å². The lowest BCUT2D eigenvalue weighted by Crippen LogP contribution is -2.38. The molecule has 0 heterocycles. The van der Waals surface area contributed by atoms with Gasteiger partial charge in [-0.1, -0.05) is 41.4 Å². The van der Waals surface area contributed by atoms with Crippen LogP contribution in [0.3, 0.4) is 0 Å². The number of unbranched alkanes of at least 4 members (excludes halogenated alkanes) is 1. The zero-order valence-corrected chi connectivity index (χ0v) is 19.9. The van der Waals surface area contributed by atoms with E-state index in [1.807, 2.05) is 32.9 Å². The van der Waals surface area contributed by atoms with Gasteiger partial charge in [-0.15, -0.1) is 0 Å². The number of carbonyl (C=O) groups is 3. The normalized spacial score (nSPS) is 10.6. The van der Waals surface area contributed by atoms with E-state index in [0.717, 1.165) is 34.1 Å². The fraction of sp³-hybridized carbons (Fsp3) is 0.304. The van der Waals surface area contributed by atoms with Crippen molar-refractivity contribution in [3.05, 3.63) is 57.6 Å². The Bertz CT molecular complexity index is 984. The molecule has 32 heavy (non-hydrogen) atoms. The molecular weight excluding hydrogens is 476 g/mol. The molecule has 0 radical (unpaired) electrons. The summed E-state index contributed by atoms with van der Waals surface area (Å²) in [6.45, 7) is 6.12. The monoisotopic (exact) mass is 502 g/mol. The third-order valence-corrected chi connectivity index (χ3v) is 4.85. The van der Waals surface area contributed by atoms with E-state index in [-0.39, 0.29) is 12.5 Å². The van der Waals surface area contributed by atoms with Gasteiger partial charge in [0.05, 0.1) is 6.21 Å². The van der Waals surface area contributed by atoms with Gasteiger partial charge in [-0.05, 0) is 61.2 Å². The molecule has 0 aliphatic rings. The van der Waals surface area contributed by atoms with Crippen LogP contribution in [0.15, 0.2) is 46.0 Å². The summed E-state index contributed by atoms with van der Waals surface area (Å²) in [5, 5.41) is 9.17. The Kier molecular flexibility index (Phi) is 9.87. The molecular formula is C23H27BrN4O4. The van der Waals surface area contributed by atoms with Crippen LogP contribution in [0.1, 0.15) is 36.5 Å². The molecule has 0 spiro atoms. The first-order chi connectivity index (χ1) is 15.3. The number of benzene rings is 2. The highest BCUT2D eigenvalue weighted by atomic mass is 79.9. The van der Waals surface area contributed by atoms with Crippen molar-refractivity contribution >= 4 is 45.6 Å². The third-order valence-electron chi connectivity index (χ3n) is 4.39. The maximum absolute atomic E-state index is 12.3. The van der Waals surface area contributed by atoms with Crippen molar-refractivity contribution in [2.75, 3.05) is 18.5 Å². The highest BCUT2D eigenvalue weighted by molar-refractivity contribution is 9.10. The predicted molar refractivity (Wildman–Crippen MR) is 128 cm³/mol. The van der Waals surface area contributed by atoms with E-state index in [1.165, 1.54) is 6.21 Å². The number of hydrogen-bond donors (Lipinski definition) is 3. The molecule has 2 rings (SSSR count). The van der Waals surface area contributed by atoms with Gasteiger partial charge in [0.2, 0.25) is 0 Å². The molecule has 3 N–H and O–H groups in total. The lowest BCUT2D eigenvalue weighted by Gasteiger charge is -2.13. The van der Waals surface area contributed by atoms with E-state index < -0.39 is 11.8 Å². The second-order valence-corrected chi connectivity index (χ2v) is 8.05. The van der Waals surface area contributed by atoms with E-state index in [1.54, 1.807) is 24.3 Å². The minimum atomic E-state index is -0.833. The molecule has 0 fully saturated rings. The Morgan fingerprint density at radius 3 is 2.50 bits per heavy atom. The first-order valence-electron chi connectivity index (χ1n) is 10.2. The van der Waals surface area contributed by atoms with Crippen molar-refractivity contribution in [1.82, 2.24) is 10.7 Å². The first kappa shape index (κ1) is 25.1. The smallest absolute Gasteiger partial charge is 0.329 e. The zero-order valence-electron chi connectivity index (χ0n) is 18.3. The van der Waals surface area contributed by atoms with Crippen LogP contribution in [-0.4, -0.2) is 37.1 Å². The minimum Gasteiger partial charge on any atom is -0.484 e. The van der Waals surface area contributed by atoms with Crippen LogP contribution in [0.5, 0.6) is 5.75 Å². The molecule has 0 bridgehead atoms. The standard InChI is InChI=1S/C23H27BrN4O4/c1-4-5-9-25-22(30)23(31)28-26-13-17-7-6-8-19(12-17)32-14-20(29)27-21-15(2)10-18(24)11-16(21)3/h6-8,10-13H,4-5,9,14H2,1-3H3,(H,25,30)(H,27,29)(H,28,31)/b26-13-. The van der Waals surface area contributed by atoms with Gasteiger partial charge in [-0.3, -0.25) is 14.4 Å². The summed E-state index contributed by atoms with van der Waals surface area (Å²) in [7, 11) is 0. The number of rotatable bonds is 9. The van der Waals surface area contributed by atoms with Crippen molar-refractivity contribution in [2.24, 2.45) is 5.10 Å². The van der Waals surface area contributed by atoms with Crippen LogP contribution in [0.4, 0.5) is 5.69 Å². The molecule has 9 heteroatoms. The first-order valence-corrected chi connectivity index (χ1v) is 11.0. The second kappa shape index (κ2) is 12.6. The van der Waals surface area contributed by atoms with E-state index in [0.29, 0.717) is 17.9 Å². The van der Waals surface area contributed by atoms with Gasteiger partial charge in [0, 0.05) is 16.7 Å². The number of amides is 3. The maximum atomic E-state index is 12.3. The molecule has 0 saturated heterocycles. The number of carbonyl (C=O) groups excluding carboxylic acids is 3. The Balaban J connectivity index is 1.86. The quantitative estimate of drug-likeness (QED) is 0.211. The van der Waals surface area contributed by atoms with Crippen molar-refractivity contribution in [2.45, 2.75) is 33.6 Å². The fourth-order valence-electron chi connectivity index (χ4n) is 2.79. The summed E-state index contributed by atoms with van der Waals surface area (Å²) in [6, 6.07) is 10.7. The molecule has 0 aromatic heterocycles. The van der Waals surface area contributed by atoms with Crippen molar-refractivity contribution in [3.8, 4) is 5.75 Å². The van der Waals surface area contributed by atoms with Gasteiger partial charge >= 0.3 is 11.8 Å². The largest absolute Gasteiger partial charge is 0.484 e. The number of hydrazone groups is 1. The van der Waals surface area contributed by atoms with Gasteiger partial charge in [-0.2, -0.15) is 5.10 Å². The summed E-state index contributed by atoms with van der Waals surface area (Å²) >= 11 is 3.44. The number of anilines is 1. The molecule has 8 nitrogen and oxygen atoms in total. The van der Waals surface area contributed by atoms with Gasteiger partial charge in [0.25, 0.3) is 5.91 Å². The van der Waals surface area contributed by atoms with Crippen LogP contribution in [0, 0.1) is 13.8 Å².